The van der Waals surface area contributed by atoms with Crippen LogP contribution < -0.4 is 19.1 Å². The maximum Gasteiger partial charge on any atom is 0.243 e. The molecule has 1 N–H and O–H groups in total. The number of nitrogens with one attached hydrogen (secondary N) is 1. The van der Waals surface area contributed by atoms with Crippen LogP contribution in [0.4, 0.5) is 5.69 Å². The second-order valence-corrected chi connectivity index (χ2v) is 8.52. The first-order chi connectivity index (χ1) is 13.3. The Kier molecular flexibility index (Phi) is 5.79. The molecule has 28 heavy (non-hydrogen) atoms. The van der Waals surface area contributed by atoms with Gasteiger partial charge in [-0.3, -0.25) is 9.10 Å². The van der Waals surface area contributed by atoms with Crippen molar-refractivity contribution in [3.05, 3.63) is 53.6 Å². The van der Waals surface area contributed by atoms with Gasteiger partial charge in [0, 0.05) is 6.54 Å². The average Bonchev–Trinajstić information content (AvgIpc) is 3.13. The molecular formula is C20H24N2O5S. The van der Waals surface area contributed by atoms with Crippen LogP contribution in [0.1, 0.15) is 25.0 Å². The Labute approximate surface area is 165 Å². The van der Waals surface area contributed by atoms with E-state index in [1.165, 1.54) is 0 Å². The lowest BCUT2D eigenvalue weighted by Gasteiger charge is -2.28. The maximum absolute atomic E-state index is 12.7. The van der Waals surface area contributed by atoms with Crippen molar-refractivity contribution in [2.45, 2.75) is 32.9 Å². The van der Waals surface area contributed by atoms with Crippen molar-refractivity contribution in [1.82, 2.24) is 5.32 Å². The van der Waals surface area contributed by atoms with E-state index in [1.54, 1.807) is 31.2 Å². The van der Waals surface area contributed by atoms with E-state index in [4.69, 9.17) is 9.47 Å². The third-order valence-corrected chi connectivity index (χ3v) is 5.83. The second-order valence-electron chi connectivity index (χ2n) is 6.66. The topological polar surface area (TPSA) is 84.9 Å². The van der Waals surface area contributed by atoms with Crippen molar-refractivity contribution in [2.24, 2.45) is 0 Å². The van der Waals surface area contributed by atoms with Gasteiger partial charge in [0.15, 0.2) is 11.5 Å². The molecule has 0 unspecified atom stereocenters. The highest BCUT2D eigenvalue weighted by atomic mass is 32.2. The van der Waals surface area contributed by atoms with Crippen LogP contribution in [0, 0.1) is 0 Å². The molecule has 2 aromatic rings. The summed E-state index contributed by atoms with van der Waals surface area (Å²) in [4.78, 5) is 12.7. The van der Waals surface area contributed by atoms with Gasteiger partial charge in [-0.15, -0.1) is 0 Å². The van der Waals surface area contributed by atoms with Gasteiger partial charge < -0.3 is 14.8 Å². The Morgan fingerprint density at radius 3 is 2.39 bits per heavy atom. The SMILES string of the molecule is CCc1ccc(N([C@H](C)C(=O)NCc2ccc3c(c2)OCO3)S(C)(=O)=O)cc1. The quantitative estimate of drug-likeness (QED) is 0.766. The summed E-state index contributed by atoms with van der Waals surface area (Å²) in [5, 5.41) is 2.79. The predicted molar refractivity (Wildman–Crippen MR) is 107 cm³/mol. The van der Waals surface area contributed by atoms with Gasteiger partial charge in [-0.05, 0) is 48.7 Å². The number of sulfonamides is 1. The van der Waals surface area contributed by atoms with Crippen LogP contribution in [0.2, 0.25) is 0 Å². The van der Waals surface area contributed by atoms with Gasteiger partial charge in [-0.2, -0.15) is 0 Å². The van der Waals surface area contributed by atoms with Crippen LogP contribution in [0.15, 0.2) is 42.5 Å². The van der Waals surface area contributed by atoms with Gasteiger partial charge in [0.1, 0.15) is 6.04 Å². The second kappa shape index (κ2) is 8.10. The summed E-state index contributed by atoms with van der Waals surface area (Å²) < 4.78 is 36.4. The highest BCUT2D eigenvalue weighted by Crippen LogP contribution is 2.32. The van der Waals surface area contributed by atoms with Crippen molar-refractivity contribution >= 4 is 21.6 Å². The average molecular weight is 404 g/mol. The summed E-state index contributed by atoms with van der Waals surface area (Å²) in [6.07, 6.45) is 1.95. The van der Waals surface area contributed by atoms with Crippen molar-refractivity contribution in [3.63, 3.8) is 0 Å². The molecule has 1 amide bonds. The number of anilines is 1. The fourth-order valence-electron chi connectivity index (χ4n) is 3.08. The number of nitrogens with zero attached hydrogens (tertiary/aromatic N) is 1. The lowest BCUT2D eigenvalue weighted by Crippen LogP contribution is -2.47. The largest absolute Gasteiger partial charge is 0.454 e. The number of amides is 1. The number of fused-ring (bicyclic) bond motifs is 1. The third kappa shape index (κ3) is 4.39. The lowest BCUT2D eigenvalue weighted by molar-refractivity contribution is -0.122. The van der Waals surface area contributed by atoms with Crippen molar-refractivity contribution in [1.29, 1.82) is 0 Å². The summed E-state index contributed by atoms with van der Waals surface area (Å²) >= 11 is 0. The summed E-state index contributed by atoms with van der Waals surface area (Å²) in [6, 6.07) is 11.7. The smallest absolute Gasteiger partial charge is 0.243 e. The summed E-state index contributed by atoms with van der Waals surface area (Å²) in [5.41, 5.74) is 2.39. The number of ether oxygens (including phenoxy) is 2. The third-order valence-electron chi connectivity index (χ3n) is 4.59. The van der Waals surface area contributed by atoms with Gasteiger partial charge in [-0.1, -0.05) is 25.1 Å². The van der Waals surface area contributed by atoms with Crippen LogP contribution in [0.5, 0.6) is 11.5 Å². The molecule has 0 fully saturated rings. The minimum Gasteiger partial charge on any atom is -0.454 e. The Hall–Kier alpha value is -2.74. The molecule has 3 rings (SSSR count). The first-order valence-corrected chi connectivity index (χ1v) is 10.9. The molecular weight excluding hydrogens is 380 g/mol. The molecule has 8 heteroatoms. The Morgan fingerprint density at radius 2 is 1.75 bits per heavy atom. The van der Waals surface area contributed by atoms with Crippen LogP contribution in [-0.2, 0) is 27.8 Å². The Bertz CT molecular complexity index is 957. The number of hydrogen-bond acceptors (Lipinski definition) is 5. The molecule has 150 valence electrons. The number of rotatable bonds is 7. The molecule has 1 aliphatic rings. The minimum absolute atomic E-state index is 0.183. The fraction of sp³-hybridized carbons (Fsp3) is 0.350. The molecule has 1 heterocycles. The number of hydrogen-bond donors (Lipinski definition) is 1. The highest BCUT2D eigenvalue weighted by molar-refractivity contribution is 7.92. The highest BCUT2D eigenvalue weighted by Gasteiger charge is 2.29. The van der Waals surface area contributed by atoms with Crippen molar-refractivity contribution in [2.75, 3.05) is 17.4 Å². The summed E-state index contributed by atoms with van der Waals surface area (Å²) in [5.74, 6) is 0.915. The molecule has 0 bridgehead atoms. The molecule has 0 saturated heterocycles. The normalized spacial score (nSPS) is 13.8. The van der Waals surface area contributed by atoms with Gasteiger partial charge in [-0.25, -0.2) is 8.42 Å². The van der Waals surface area contributed by atoms with Crippen LogP contribution >= 0.6 is 0 Å². The molecule has 0 aromatic heterocycles. The number of carbonyl (C=O) groups excluding carboxylic acids is 1. The van der Waals surface area contributed by atoms with E-state index in [9.17, 15) is 13.2 Å². The number of benzene rings is 2. The van der Waals surface area contributed by atoms with E-state index in [2.05, 4.69) is 5.32 Å². The van der Waals surface area contributed by atoms with E-state index in [0.29, 0.717) is 17.2 Å². The zero-order chi connectivity index (χ0) is 20.3. The molecule has 0 aliphatic carbocycles. The fourth-order valence-corrected chi connectivity index (χ4v) is 4.25. The lowest BCUT2D eigenvalue weighted by atomic mass is 10.1. The van der Waals surface area contributed by atoms with Gasteiger partial charge >= 0.3 is 0 Å². The van der Waals surface area contributed by atoms with Gasteiger partial charge in [0.05, 0.1) is 11.9 Å². The molecule has 1 atom stereocenters. The molecule has 1 aliphatic heterocycles. The Balaban J connectivity index is 1.72. The molecule has 2 aromatic carbocycles. The van der Waals surface area contributed by atoms with E-state index in [1.807, 2.05) is 25.1 Å². The number of carbonyl (C=O) groups is 1. The zero-order valence-corrected chi connectivity index (χ0v) is 17.0. The van der Waals surface area contributed by atoms with E-state index < -0.39 is 16.1 Å². The summed E-state index contributed by atoms with van der Waals surface area (Å²) in [7, 11) is -3.64. The van der Waals surface area contributed by atoms with Crippen LogP contribution in [0.25, 0.3) is 0 Å². The first-order valence-electron chi connectivity index (χ1n) is 9.04. The molecule has 0 radical (unpaired) electrons. The molecule has 7 nitrogen and oxygen atoms in total. The Morgan fingerprint density at radius 1 is 1.11 bits per heavy atom. The van der Waals surface area contributed by atoms with E-state index >= 15 is 0 Å². The predicted octanol–water partition coefficient (Wildman–Crippen LogP) is 2.45. The van der Waals surface area contributed by atoms with Crippen molar-refractivity contribution < 1.29 is 22.7 Å². The van der Waals surface area contributed by atoms with E-state index in [0.717, 1.165) is 28.1 Å². The van der Waals surface area contributed by atoms with Crippen LogP contribution in [0.3, 0.4) is 0 Å². The summed E-state index contributed by atoms with van der Waals surface area (Å²) in [6.45, 7) is 4.04. The molecule has 0 spiro atoms. The maximum atomic E-state index is 12.7. The first kappa shape index (κ1) is 20.0. The van der Waals surface area contributed by atoms with Crippen molar-refractivity contribution in [3.8, 4) is 11.5 Å². The standard InChI is InChI=1S/C20H24N2O5S/c1-4-15-5-8-17(9-6-15)22(28(3,24)25)14(2)20(23)21-12-16-7-10-18-19(11-16)27-13-26-18/h5-11,14H,4,12-13H2,1-3H3,(H,21,23)/t14-/m1/s1. The van der Waals surface area contributed by atoms with Gasteiger partial charge in [0.25, 0.3) is 0 Å². The number of aryl methyl sites for hydroxylation is 1. The van der Waals surface area contributed by atoms with E-state index in [-0.39, 0.29) is 19.2 Å². The zero-order valence-electron chi connectivity index (χ0n) is 16.1. The van der Waals surface area contributed by atoms with Gasteiger partial charge in [0.2, 0.25) is 22.7 Å². The monoisotopic (exact) mass is 404 g/mol. The molecule has 0 saturated carbocycles. The minimum atomic E-state index is -3.64. The van der Waals surface area contributed by atoms with Crippen LogP contribution in [-0.4, -0.2) is 33.4 Å².